The largest absolute Gasteiger partial charge is 0.493 e. The molecule has 1 aromatic carbocycles. The maximum absolute atomic E-state index is 12.5. The Kier molecular flexibility index (Phi) is 5.70. The van der Waals surface area contributed by atoms with Crippen LogP contribution in [0.4, 0.5) is 9.80 Å². The van der Waals surface area contributed by atoms with Crippen LogP contribution in [0.25, 0.3) is 0 Å². The smallest absolute Gasteiger partial charge is 0.415 e. The van der Waals surface area contributed by atoms with Gasteiger partial charge in [-0.2, -0.15) is 0 Å². The van der Waals surface area contributed by atoms with Crippen LogP contribution in [-0.4, -0.2) is 52.5 Å². The summed E-state index contributed by atoms with van der Waals surface area (Å²) in [6.07, 6.45) is -0.838. The standard InChI is InChI=1S/C18H20N2O6S/c1-23-13-7-11(8-14(24-2)16(13)25-3)17(21)19-9-12-10-20(18(22)26-12)15-5-4-6-27-15/h4-8,12H,9-10H2,1-3H3,(H,19,21). The Morgan fingerprint density at radius 2 is 1.96 bits per heavy atom. The van der Waals surface area contributed by atoms with Gasteiger partial charge in [0.15, 0.2) is 11.5 Å². The van der Waals surface area contributed by atoms with E-state index in [9.17, 15) is 9.59 Å². The van der Waals surface area contributed by atoms with Gasteiger partial charge in [0.2, 0.25) is 5.75 Å². The van der Waals surface area contributed by atoms with Gasteiger partial charge in [-0.15, -0.1) is 11.3 Å². The molecule has 1 unspecified atom stereocenters. The molecule has 1 N–H and O–H groups in total. The maximum atomic E-state index is 12.5. The third kappa shape index (κ3) is 3.92. The van der Waals surface area contributed by atoms with E-state index in [1.165, 1.54) is 32.7 Å². The number of anilines is 1. The van der Waals surface area contributed by atoms with Crippen LogP contribution in [0.5, 0.6) is 17.2 Å². The van der Waals surface area contributed by atoms with E-state index in [-0.39, 0.29) is 12.5 Å². The van der Waals surface area contributed by atoms with E-state index in [2.05, 4.69) is 5.32 Å². The van der Waals surface area contributed by atoms with Gasteiger partial charge in [-0.05, 0) is 29.6 Å². The summed E-state index contributed by atoms with van der Waals surface area (Å²) < 4.78 is 21.1. The zero-order valence-corrected chi connectivity index (χ0v) is 16.0. The number of hydrogen-bond donors (Lipinski definition) is 1. The molecule has 1 saturated heterocycles. The summed E-state index contributed by atoms with van der Waals surface area (Å²) in [6, 6.07) is 6.85. The van der Waals surface area contributed by atoms with E-state index in [0.29, 0.717) is 29.4 Å². The van der Waals surface area contributed by atoms with Crippen molar-refractivity contribution in [3.8, 4) is 17.2 Å². The highest BCUT2D eigenvalue weighted by Crippen LogP contribution is 2.38. The zero-order chi connectivity index (χ0) is 19.4. The van der Waals surface area contributed by atoms with E-state index >= 15 is 0 Å². The molecule has 2 heterocycles. The van der Waals surface area contributed by atoms with Gasteiger partial charge in [0.1, 0.15) is 11.1 Å². The monoisotopic (exact) mass is 392 g/mol. The average Bonchev–Trinajstić information content (AvgIpc) is 3.34. The van der Waals surface area contributed by atoms with Crippen LogP contribution >= 0.6 is 11.3 Å². The fourth-order valence-corrected chi connectivity index (χ4v) is 3.48. The van der Waals surface area contributed by atoms with Gasteiger partial charge in [-0.3, -0.25) is 9.69 Å². The lowest BCUT2D eigenvalue weighted by molar-refractivity contribution is 0.0915. The lowest BCUT2D eigenvalue weighted by Crippen LogP contribution is -2.34. The molecular formula is C18H20N2O6S. The number of nitrogens with one attached hydrogen (secondary N) is 1. The third-order valence-electron chi connectivity index (χ3n) is 4.06. The van der Waals surface area contributed by atoms with Gasteiger partial charge in [0, 0.05) is 5.56 Å². The van der Waals surface area contributed by atoms with Crippen LogP contribution in [-0.2, 0) is 4.74 Å². The van der Waals surface area contributed by atoms with Crippen molar-refractivity contribution in [1.29, 1.82) is 0 Å². The predicted octanol–water partition coefficient (Wildman–Crippen LogP) is 2.53. The van der Waals surface area contributed by atoms with Crippen molar-refractivity contribution >= 4 is 28.3 Å². The SMILES string of the molecule is COc1cc(C(=O)NCC2CN(c3cccs3)C(=O)O2)cc(OC)c1OC. The van der Waals surface area contributed by atoms with E-state index in [1.807, 2.05) is 17.5 Å². The summed E-state index contributed by atoms with van der Waals surface area (Å²) >= 11 is 1.46. The Morgan fingerprint density at radius 3 is 2.52 bits per heavy atom. The quantitative estimate of drug-likeness (QED) is 0.779. The molecular weight excluding hydrogens is 372 g/mol. The van der Waals surface area contributed by atoms with Crippen LogP contribution in [0.15, 0.2) is 29.6 Å². The van der Waals surface area contributed by atoms with Crippen LogP contribution in [0.2, 0.25) is 0 Å². The highest BCUT2D eigenvalue weighted by atomic mass is 32.1. The molecule has 0 radical (unpaired) electrons. The van der Waals surface area contributed by atoms with Gasteiger partial charge in [0.05, 0.1) is 34.4 Å². The predicted molar refractivity (Wildman–Crippen MR) is 100 cm³/mol. The Hall–Kier alpha value is -2.94. The molecule has 1 fully saturated rings. The molecule has 3 rings (SSSR count). The molecule has 0 spiro atoms. The van der Waals surface area contributed by atoms with Crippen LogP contribution in [0, 0.1) is 0 Å². The van der Waals surface area contributed by atoms with Crippen molar-refractivity contribution in [1.82, 2.24) is 5.32 Å². The summed E-state index contributed by atoms with van der Waals surface area (Å²) in [5, 5.41) is 5.49. The highest BCUT2D eigenvalue weighted by Gasteiger charge is 2.33. The maximum Gasteiger partial charge on any atom is 0.415 e. The second-order valence-corrected chi connectivity index (χ2v) is 6.62. The molecule has 144 valence electrons. The number of thiophene rings is 1. The summed E-state index contributed by atoms with van der Waals surface area (Å²) in [7, 11) is 4.46. The molecule has 0 aliphatic carbocycles. The topological polar surface area (TPSA) is 86.3 Å². The van der Waals surface area contributed by atoms with Gasteiger partial charge in [-0.1, -0.05) is 0 Å². The first kappa shape index (κ1) is 18.8. The number of rotatable bonds is 7. The Balaban J connectivity index is 1.65. The summed E-state index contributed by atoms with van der Waals surface area (Å²) in [5.74, 6) is 0.851. The minimum atomic E-state index is -0.425. The fraction of sp³-hybridized carbons (Fsp3) is 0.333. The number of carbonyl (C=O) groups excluding carboxylic acids is 2. The van der Waals surface area contributed by atoms with Crippen molar-refractivity contribution in [2.45, 2.75) is 6.10 Å². The first-order valence-corrected chi connectivity index (χ1v) is 9.05. The number of methoxy groups -OCH3 is 3. The van der Waals surface area contributed by atoms with Gasteiger partial charge in [-0.25, -0.2) is 4.79 Å². The van der Waals surface area contributed by atoms with E-state index in [0.717, 1.165) is 5.00 Å². The average molecular weight is 392 g/mol. The molecule has 8 nitrogen and oxygen atoms in total. The number of carbonyl (C=O) groups is 2. The molecule has 27 heavy (non-hydrogen) atoms. The van der Waals surface area contributed by atoms with Crippen molar-refractivity contribution in [2.24, 2.45) is 0 Å². The van der Waals surface area contributed by atoms with Crippen LogP contribution < -0.4 is 24.4 Å². The number of amides is 2. The summed E-state index contributed by atoms with van der Waals surface area (Å²) in [5.41, 5.74) is 0.351. The highest BCUT2D eigenvalue weighted by molar-refractivity contribution is 7.14. The molecule has 2 aromatic rings. The second-order valence-electron chi connectivity index (χ2n) is 5.69. The minimum absolute atomic E-state index is 0.198. The Bertz CT molecular complexity index is 798. The molecule has 0 bridgehead atoms. The molecule has 1 atom stereocenters. The van der Waals surface area contributed by atoms with E-state index in [4.69, 9.17) is 18.9 Å². The van der Waals surface area contributed by atoms with E-state index in [1.54, 1.807) is 17.0 Å². The van der Waals surface area contributed by atoms with Crippen molar-refractivity contribution in [2.75, 3.05) is 39.3 Å². The normalized spacial score (nSPS) is 16.0. The van der Waals surface area contributed by atoms with Crippen molar-refractivity contribution in [3.63, 3.8) is 0 Å². The molecule has 9 heteroatoms. The van der Waals surface area contributed by atoms with Crippen molar-refractivity contribution < 1.29 is 28.5 Å². The Labute approximate surface area is 160 Å². The third-order valence-corrected chi connectivity index (χ3v) is 4.95. The number of hydrogen-bond acceptors (Lipinski definition) is 7. The van der Waals surface area contributed by atoms with E-state index < -0.39 is 12.2 Å². The van der Waals surface area contributed by atoms with Gasteiger partial charge in [0.25, 0.3) is 5.91 Å². The minimum Gasteiger partial charge on any atom is -0.493 e. The molecule has 1 aromatic heterocycles. The first-order valence-electron chi connectivity index (χ1n) is 8.17. The van der Waals surface area contributed by atoms with Crippen LogP contribution in [0.3, 0.4) is 0 Å². The lowest BCUT2D eigenvalue weighted by atomic mass is 10.1. The lowest BCUT2D eigenvalue weighted by Gasteiger charge is -2.15. The molecule has 1 aliphatic rings. The molecule has 1 aliphatic heterocycles. The molecule has 2 amide bonds. The van der Waals surface area contributed by atoms with Crippen molar-refractivity contribution in [3.05, 3.63) is 35.2 Å². The number of cyclic esters (lactones) is 1. The second kappa shape index (κ2) is 8.17. The van der Waals surface area contributed by atoms with Crippen LogP contribution in [0.1, 0.15) is 10.4 Å². The van der Waals surface area contributed by atoms with Gasteiger partial charge >= 0.3 is 6.09 Å². The molecule has 0 saturated carbocycles. The fourth-order valence-electron chi connectivity index (χ4n) is 2.75. The number of benzene rings is 1. The number of ether oxygens (including phenoxy) is 4. The first-order chi connectivity index (χ1) is 13.1. The van der Waals surface area contributed by atoms with Gasteiger partial charge < -0.3 is 24.3 Å². The number of nitrogens with zero attached hydrogens (tertiary/aromatic N) is 1. The summed E-state index contributed by atoms with van der Waals surface area (Å²) in [6.45, 7) is 0.581. The Morgan fingerprint density at radius 1 is 1.26 bits per heavy atom. The summed E-state index contributed by atoms with van der Waals surface area (Å²) in [4.78, 5) is 26.1. The zero-order valence-electron chi connectivity index (χ0n) is 15.2.